The third kappa shape index (κ3) is 5.22. The van der Waals surface area contributed by atoms with Gasteiger partial charge in [0.2, 0.25) is 10.0 Å². The molecular formula is C10H17N3O3S. The van der Waals surface area contributed by atoms with Gasteiger partial charge in [0.05, 0.1) is 6.61 Å². The lowest BCUT2D eigenvalue weighted by Crippen LogP contribution is -2.25. The number of nitrogens with two attached hydrogens (primary N) is 1. The van der Waals surface area contributed by atoms with E-state index in [4.69, 9.17) is 10.5 Å². The highest BCUT2D eigenvalue weighted by molar-refractivity contribution is 7.89. The summed E-state index contributed by atoms with van der Waals surface area (Å²) in [5, 5.41) is 0. The van der Waals surface area contributed by atoms with Crippen molar-refractivity contribution in [2.24, 2.45) is 5.73 Å². The lowest BCUT2D eigenvalue weighted by Gasteiger charge is -2.06. The number of sulfonamides is 1. The molecule has 0 fully saturated rings. The maximum absolute atomic E-state index is 11.7. The fraction of sp³-hybridized carbons (Fsp3) is 0.500. The van der Waals surface area contributed by atoms with Crippen LogP contribution in [0.25, 0.3) is 0 Å². The molecule has 0 aliphatic heterocycles. The minimum Gasteiger partial charge on any atom is -0.380 e. The van der Waals surface area contributed by atoms with Gasteiger partial charge in [-0.1, -0.05) is 0 Å². The van der Waals surface area contributed by atoms with E-state index in [9.17, 15) is 8.42 Å². The van der Waals surface area contributed by atoms with Crippen LogP contribution in [0.4, 0.5) is 0 Å². The van der Waals surface area contributed by atoms with Crippen molar-refractivity contribution in [3.05, 3.63) is 24.5 Å². The normalized spacial score (nSPS) is 11.6. The highest BCUT2D eigenvalue weighted by Crippen LogP contribution is 2.04. The summed E-state index contributed by atoms with van der Waals surface area (Å²) in [5.41, 5.74) is 5.25. The molecule has 0 radical (unpaired) electrons. The van der Waals surface area contributed by atoms with Gasteiger partial charge in [-0.25, -0.2) is 13.1 Å². The molecule has 96 valence electrons. The molecule has 0 bridgehead atoms. The van der Waals surface area contributed by atoms with E-state index in [0.29, 0.717) is 32.7 Å². The largest absolute Gasteiger partial charge is 0.380 e. The molecule has 1 aromatic rings. The highest BCUT2D eigenvalue weighted by atomic mass is 32.2. The smallest absolute Gasteiger partial charge is 0.242 e. The molecule has 0 atom stereocenters. The first kappa shape index (κ1) is 14.0. The lowest BCUT2D eigenvalue weighted by atomic mass is 10.5. The summed E-state index contributed by atoms with van der Waals surface area (Å²) in [5.74, 6) is 0. The van der Waals surface area contributed by atoms with Gasteiger partial charge in [0, 0.05) is 32.1 Å². The van der Waals surface area contributed by atoms with Gasteiger partial charge in [-0.3, -0.25) is 4.98 Å². The summed E-state index contributed by atoms with van der Waals surface area (Å²) in [7, 11) is -3.45. The molecule has 0 spiro atoms. The zero-order chi connectivity index (χ0) is 12.6. The van der Waals surface area contributed by atoms with E-state index in [1.165, 1.54) is 18.5 Å². The number of hydrogen-bond acceptors (Lipinski definition) is 5. The van der Waals surface area contributed by atoms with Crippen molar-refractivity contribution < 1.29 is 13.2 Å². The maximum Gasteiger partial charge on any atom is 0.242 e. The first-order valence-corrected chi connectivity index (χ1v) is 6.82. The summed E-state index contributed by atoms with van der Waals surface area (Å²) in [4.78, 5) is 3.93. The minimum absolute atomic E-state index is 0.169. The van der Waals surface area contributed by atoms with E-state index in [2.05, 4.69) is 9.71 Å². The number of aromatic nitrogens is 1. The van der Waals surface area contributed by atoms with Crippen LogP contribution in [0.3, 0.4) is 0 Å². The molecular weight excluding hydrogens is 242 g/mol. The Labute approximate surface area is 101 Å². The average Bonchev–Trinajstić information content (AvgIpc) is 2.35. The van der Waals surface area contributed by atoms with Gasteiger partial charge in [-0.05, 0) is 18.6 Å². The third-order valence-electron chi connectivity index (χ3n) is 1.96. The molecule has 0 saturated heterocycles. The van der Waals surface area contributed by atoms with Crippen molar-refractivity contribution in [1.29, 1.82) is 0 Å². The summed E-state index contributed by atoms with van der Waals surface area (Å²) < 4.78 is 31.0. The zero-order valence-corrected chi connectivity index (χ0v) is 10.3. The second-order valence-corrected chi connectivity index (χ2v) is 5.11. The van der Waals surface area contributed by atoms with Gasteiger partial charge in [0.25, 0.3) is 0 Å². The molecule has 1 rings (SSSR count). The monoisotopic (exact) mass is 259 g/mol. The van der Waals surface area contributed by atoms with Crippen molar-refractivity contribution >= 4 is 10.0 Å². The highest BCUT2D eigenvalue weighted by Gasteiger charge is 2.12. The Hall–Kier alpha value is -1.02. The van der Waals surface area contributed by atoms with Crippen LogP contribution in [0.5, 0.6) is 0 Å². The Bertz CT molecular complexity index is 408. The molecule has 1 aromatic heterocycles. The molecule has 0 unspecified atom stereocenters. The van der Waals surface area contributed by atoms with Crippen LogP contribution in [0.15, 0.2) is 29.4 Å². The van der Waals surface area contributed by atoms with E-state index in [0.717, 1.165) is 0 Å². The molecule has 0 aliphatic carbocycles. The minimum atomic E-state index is -3.45. The van der Waals surface area contributed by atoms with E-state index >= 15 is 0 Å². The molecule has 7 heteroatoms. The molecule has 6 nitrogen and oxygen atoms in total. The van der Waals surface area contributed by atoms with Gasteiger partial charge in [-0.2, -0.15) is 0 Å². The summed E-state index contributed by atoms with van der Waals surface area (Å²) in [6, 6.07) is 3.08. The van der Waals surface area contributed by atoms with E-state index < -0.39 is 10.0 Å². The number of nitrogens with one attached hydrogen (secondary N) is 1. The molecule has 1 heterocycles. The van der Waals surface area contributed by atoms with Crippen LogP contribution in [0.2, 0.25) is 0 Å². The van der Waals surface area contributed by atoms with Gasteiger partial charge in [0.1, 0.15) is 4.90 Å². The van der Waals surface area contributed by atoms with Crippen molar-refractivity contribution in [2.75, 3.05) is 26.3 Å². The van der Waals surface area contributed by atoms with Crippen molar-refractivity contribution in [3.8, 4) is 0 Å². The molecule has 0 saturated carbocycles. The van der Waals surface area contributed by atoms with E-state index in [-0.39, 0.29) is 4.90 Å². The van der Waals surface area contributed by atoms with Crippen LogP contribution in [-0.2, 0) is 14.8 Å². The molecule has 0 aliphatic rings. The Kier molecular flexibility index (Phi) is 6.06. The first-order chi connectivity index (χ1) is 8.17. The van der Waals surface area contributed by atoms with Crippen molar-refractivity contribution in [2.45, 2.75) is 11.3 Å². The Morgan fingerprint density at radius 2 is 2.24 bits per heavy atom. The summed E-state index contributed by atoms with van der Waals surface area (Å²) in [6.45, 7) is 1.80. The Balaban J connectivity index is 2.31. The number of nitrogens with zero attached hydrogens (tertiary/aromatic N) is 1. The summed E-state index contributed by atoms with van der Waals surface area (Å²) in [6.07, 6.45) is 3.45. The Morgan fingerprint density at radius 1 is 1.41 bits per heavy atom. The fourth-order valence-electron chi connectivity index (χ4n) is 1.16. The lowest BCUT2D eigenvalue weighted by molar-refractivity contribution is 0.140. The van der Waals surface area contributed by atoms with Crippen LogP contribution in [-0.4, -0.2) is 39.7 Å². The van der Waals surface area contributed by atoms with Gasteiger partial charge >= 0.3 is 0 Å². The van der Waals surface area contributed by atoms with Crippen LogP contribution < -0.4 is 10.5 Å². The average molecular weight is 259 g/mol. The van der Waals surface area contributed by atoms with Gasteiger partial charge in [-0.15, -0.1) is 0 Å². The second-order valence-electron chi connectivity index (χ2n) is 3.34. The molecule has 0 aromatic carbocycles. The Morgan fingerprint density at radius 3 is 2.88 bits per heavy atom. The molecule has 0 amide bonds. The number of ether oxygens (including phenoxy) is 1. The predicted molar refractivity (Wildman–Crippen MR) is 63.9 cm³/mol. The number of rotatable bonds is 8. The zero-order valence-electron chi connectivity index (χ0n) is 9.50. The van der Waals surface area contributed by atoms with Crippen LogP contribution in [0.1, 0.15) is 6.42 Å². The van der Waals surface area contributed by atoms with Crippen LogP contribution in [0, 0.1) is 0 Å². The number of pyridine rings is 1. The molecule has 3 N–H and O–H groups in total. The maximum atomic E-state index is 11.7. The third-order valence-corrected chi connectivity index (χ3v) is 3.41. The predicted octanol–water partition coefficient (Wildman–Crippen LogP) is -0.275. The van der Waals surface area contributed by atoms with E-state index in [1.54, 1.807) is 6.07 Å². The summed E-state index contributed by atoms with van der Waals surface area (Å²) >= 11 is 0. The SMILES string of the molecule is NCCOCCCNS(=O)(=O)c1cccnc1. The topological polar surface area (TPSA) is 94.3 Å². The van der Waals surface area contributed by atoms with E-state index in [1.807, 2.05) is 0 Å². The molecule has 17 heavy (non-hydrogen) atoms. The second kappa shape index (κ2) is 7.33. The van der Waals surface area contributed by atoms with Gasteiger partial charge in [0.15, 0.2) is 0 Å². The fourth-order valence-corrected chi connectivity index (χ4v) is 2.19. The van der Waals surface area contributed by atoms with Crippen molar-refractivity contribution in [3.63, 3.8) is 0 Å². The quantitative estimate of drug-likeness (QED) is 0.626. The van der Waals surface area contributed by atoms with Gasteiger partial charge < -0.3 is 10.5 Å². The standard InChI is InChI=1S/C10H17N3O3S/c11-4-8-16-7-2-6-13-17(14,15)10-3-1-5-12-9-10/h1,3,5,9,13H,2,4,6-8,11H2. The van der Waals surface area contributed by atoms with Crippen molar-refractivity contribution in [1.82, 2.24) is 9.71 Å². The van der Waals surface area contributed by atoms with Crippen LogP contribution >= 0.6 is 0 Å². The number of hydrogen-bond donors (Lipinski definition) is 2. The first-order valence-electron chi connectivity index (χ1n) is 5.34.